The zero-order valence-corrected chi connectivity index (χ0v) is 42.8. The monoisotopic (exact) mass is 962 g/mol. The molecular weight excluding hydrogens is 909 g/mol. The lowest BCUT2D eigenvalue weighted by molar-refractivity contribution is 0.669. The van der Waals surface area contributed by atoms with E-state index in [4.69, 9.17) is 4.42 Å². The molecule has 12 aromatic rings. The molecule has 0 aliphatic heterocycles. The van der Waals surface area contributed by atoms with Crippen LogP contribution in [0.25, 0.3) is 66.4 Å². The standard InChI is InChI=1S/C72H54N2O/c1-45-26-33-52(34-27-45)73(53-37-30-50(31-38-53)56-18-8-6-16-47(56)3)55-39-40-60-64(43-55)72(62-23-13-10-20-58(62)59-21-11-14-24-63(59)72)65-44-67(70-61-22-12-15-25-68(61)75-71(70)69(60)65)74(54-35-28-46(2)29-36-54)66-41-32-51(42-49(66)5)57-19-9-7-17-48(57)4/h6-44H,1-5H3. The Labute approximate surface area is 439 Å². The van der Waals surface area contributed by atoms with Crippen molar-refractivity contribution in [1.82, 2.24) is 0 Å². The van der Waals surface area contributed by atoms with Gasteiger partial charge >= 0.3 is 0 Å². The Morgan fingerprint density at radius 3 is 1.45 bits per heavy atom. The first-order valence-corrected chi connectivity index (χ1v) is 26.2. The van der Waals surface area contributed by atoms with Crippen molar-refractivity contribution in [2.45, 2.75) is 40.0 Å². The SMILES string of the molecule is Cc1ccc(N(c2ccc(-c3ccccc3C)cc2)c2ccc3c(c2)C2(c4ccccc4-c4ccccc42)c2cc(N(c4ccc(C)cc4)c4ccc(-c5ccccc5C)cc4C)c4c(oc5ccccc54)c2-3)cc1. The van der Waals surface area contributed by atoms with Crippen molar-refractivity contribution >= 4 is 56.1 Å². The molecule has 0 radical (unpaired) electrons. The Kier molecular flexibility index (Phi) is 10.2. The van der Waals surface area contributed by atoms with E-state index in [0.717, 1.165) is 61.6 Å². The third-order valence-electron chi connectivity index (χ3n) is 16.2. The van der Waals surface area contributed by atoms with Crippen LogP contribution in [0.2, 0.25) is 0 Å². The first-order valence-electron chi connectivity index (χ1n) is 26.2. The zero-order valence-electron chi connectivity index (χ0n) is 42.8. The van der Waals surface area contributed by atoms with Gasteiger partial charge in [0.25, 0.3) is 0 Å². The molecule has 3 heteroatoms. The third-order valence-corrected chi connectivity index (χ3v) is 16.2. The molecule has 0 saturated carbocycles. The summed E-state index contributed by atoms with van der Waals surface area (Å²) in [6, 6.07) is 87.9. The largest absolute Gasteiger partial charge is 0.455 e. The Morgan fingerprint density at radius 1 is 0.333 bits per heavy atom. The topological polar surface area (TPSA) is 19.6 Å². The van der Waals surface area contributed by atoms with Crippen molar-refractivity contribution in [3.8, 4) is 44.5 Å². The van der Waals surface area contributed by atoms with Gasteiger partial charge in [-0.2, -0.15) is 0 Å². The van der Waals surface area contributed by atoms with E-state index in [1.165, 1.54) is 89.0 Å². The van der Waals surface area contributed by atoms with Crippen molar-refractivity contribution in [2.75, 3.05) is 9.80 Å². The van der Waals surface area contributed by atoms with Gasteiger partial charge in [0.05, 0.1) is 16.5 Å². The summed E-state index contributed by atoms with van der Waals surface area (Å²) in [7, 11) is 0. The van der Waals surface area contributed by atoms with E-state index in [0.29, 0.717) is 0 Å². The first kappa shape index (κ1) is 44.5. The fourth-order valence-corrected chi connectivity index (χ4v) is 12.7. The van der Waals surface area contributed by atoms with Gasteiger partial charge in [-0.25, -0.2) is 0 Å². The van der Waals surface area contributed by atoms with E-state index in [1.54, 1.807) is 0 Å². The number of rotatable bonds is 8. The molecule has 1 spiro atoms. The normalized spacial score (nSPS) is 12.7. The summed E-state index contributed by atoms with van der Waals surface area (Å²) in [4.78, 5) is 4.92. The predicted molar refractivity (Wildman–Crippen MR) is 314 cm³/mol. The highest BCUT2D eigenvalue weighted by molar-refractivity contribution is 6.20. The number of para-hydroxylation sites is 1. The van der Waals surface area contributed by atoms with E-state index >= 15 is 0 Å². The summed E-state index contributed by atoms with van der Waals surface area (Å²) < 4.78 is 7.38. The summed E-state index contributed by atoms with van der Waals surface area (Å²) in [6.45, 7) is 11.0. The van der Waals surface area contributed by atoms with Crippen molar-refractivity contribution < 1.29 is 4.42 Å². The molecule has 0 bridgehead atoms. The Balaban J connectivity index is 1.06. The Morgan fingerprint density at radius 2 is 0.840 bits per heavy atom. The van der Waals surface area contributed by atoms with Crippen LogP contribution in [0.15, 0.2) is 241 Å². The highest BCUT2D eigenvalue weighted by atomic mass is 16.3. The van der Waals surface area contributed by atoms with Gasteiger partial charge in [-0.05, 0) is 185 Å². The summed E-state index contributed by atoms with van der Waals surface area (Å²) in [6.07, 6.45) is 0. The average Bonchev–Trinajstić information content (AvgIpc) is 4.30. The highest BCUT2D eigenvalue weighted by Gasteiger charge is 2.53. The van der Waals surface area contributed by atoms with Crippen LogP contribution in [0.5, 0.6) is 0 Å². The lowest BCUT2D eigenvalue weighted by atomic mass is 9.70. The van der Waals surface area contributed by atoms with Gasteiger partial charge in [-0.3, -0.25) is 0 Å². The van der Waals surface area contributed by atoms with E-state index < -0.39 is 5.41 Å². The maximum Gasteiger partial charge on any atom is 0.145 e. The summed E-state index contributed by atoms with van der Waals surface area (Å²) in [5.74, 6) is 0. The van der Waals surface area contributed by atoms with Crippen molar-refractivity contribution in [3.63, 3.8) is 0 Å². The van der Waals surface area contributed by atoms with E-state index in [-0.39, 0.29) is 0 Å². The second kappa shape index (κ2) is 17.2. The first-order chi connectivity index (χ1) is 36.8. The van der Waals surface area contributed by atoms with Crippen LogP contribution in [-0.4, -0.2) is 0 Å². The molecule has 358 valence electrons. The van der Waals surface area contributed by atoms with Crippen LogP contribution in [0.3, 0.4) is 0 Å². The fourth-order valence-electron chi connectivity index (χ4n) is 12.7. The molecule has 2 aliphatic carbocycles. The van der Waals surface area contributed by atoms with Crippen LogP contribution < -0.4 is 9.80 Å². The minimum absolute atomic E-state index is 0.702. The molecule has 1 heterocycles. The summed E-state index contributed by atoms with van der Waals surface area (Å²) in [5, 5.41) is 2.18. The molecule has 75 heavy (non-hydrogen) atoms. The number of nitrogens with zero attached hydrogens (tertiary/aromatic N) is 2. The minimum Gasteiger partial charge on any atom is -0.455 e. The summed E-state index contributed by atoms with van der Waals surface area (Å²) in [5.41, 5.74) is 28.4. The highest BCUT2D eigenvalue weighted by Crippen LogP contribution is 2.66. The smallest absolute Gasteiger partial charge is 0.145 e. The van der Waals surface area contributed by atoms with Crippen LogP contribution >= 0.6 is 0 Å². The van der Waals surface area contributed by atoms with Gasteiger partial charge in [0, 0.05) is 39.4 Å². The molecular formula is C72H54N2O. The van der Waals surface area contributed by atoms with Gasteiger partial charge in [0.15, 0.2) is 0 Å². The number of hydrogen-bond acceptors (Lipinski definition) is 3. The third kappa shape index (κ3) is 6.81. The average molecular weight is 963 g/mol. The molecule has 0 amide bonds. The molecule has 1 aromatic heterocycles. The molecule has 11 aromatic carbocycles. The van der Waals surface area contributed by atoms with E-state index in [1.807, 2.05) is 0 Å². The van der Waals surface area contributed by atoms with Crippen LogP contribution in [-0.2, 0) is 5.41 Å². The molecule has 14 rings (SSSR count). The molecule has 0 unspecified atom stereocenters. The molecule has 2 aliphatic rings. The second-order valence-electron chi connectivity index (χ2n) is 20.7. The quantitative estimate of drug-likeness (QED) is 0.151. The zero-order chi connectivity index (χ0) is 50.5. The van der Waals surface area contributed by atoms with E-state index in [9.17, 15) is 0 Å². The Hall–Kier alpha value is -9.18. The maximum absolute atomic E-state index is 7.38. The number of benzene rings is 11. The van der Waals surface area contributed by atoms with Gasteiger partial charge in [-0.1, -0.05) is 175 Å². The van der Waals surface area contributed by atoms with Gasteiger partial charge in [0.2, 0.25) is 0 Å². The number of anilines is 6. The predicted octanol–water partition coefficient (Wildman–Crippen LogP) is 19.7. The molecule has 0 saturated heterocycles. The lowest BCUT2D eigenvalue weighted by Crippen LogP contribution is -2.26. The van der Waals surface area contributed by atoms with Gasteiger partial charge in [-0.15, -0.1) is 0 Å². The van der Waals surface area contributed by atoms with E-state index in [2.05, 4.69) is 281 Å². The van der Waals surface area contributed by atoms with Crippen LogP contribution in [0.4, 0.5) is 34.1 Å². The molecule has 0 N–H and O–H groups in total. The number of furan rings is 1. The number of fused-ring (bicyclic) bond motifs is 14. The molecule has 3 nitrogen and oxygen atoms in total. The Bertz CT molecular complexity index is 4190. The van der Waals surface area contributed by atoms with Crippen molar-refractivity contribution in [3.05, 3.63) is 287 Å². The van der Waals surface area contributed by atoms with Crippen molar-refractivity contribution in [1.29, 1.82) is 0 Å². The number of aryl methyl sites for hydroxylation is 5. The fraction of sp³-hybridized carbons (Fsp3) is 0.0833. The molecule has 0 fully saturated rings. The maximum atomic E-state index is 7.38. The second-order valence-corrected chi connectivity index (χ2v) is 20.7. The summed E-state index contributed by atoms with van der Waals surface area (Å²) >= 11 is 0. The van der Waals surface area contributed by atoms with Gasteiger partial charge < -0.3 is 14.2 Å². The number of hydrogen-bond donors (Lipinski definition) is 0. The van der Waals surface area contributed by atoms with Crippen LogP contribution in [0, 0.1) is 34.6 Å². The lowest BCUT2D eigenvalue weighted by Gasteiger charge is -2.34. The van der Waals surface area contributed by atoms with Gasteiger partial charge in [0.1, 0.15) is 11.2 Å². The van der Waals surface area contributed by atoms with Crippen molar-refractivity contribution in [2.24, 2.45) is 0 Å². The molecule has 0 atom stereocenters. The van der Waals surface area contributed by atoms with Crippen LogP contribution in [0.1, 0.15) is 50.1 Å². The minimum atomic E-state index is -0.702.